The third-order valence-corrected chi connectivity index (χ3v) is 4.94. The predicted molar refractivity (Wildman–Crippen MR) is 105 cm³/mol. The highest BCUT2D eigenvalue weighted by atomic mass is 19.4. The van der Waals surface area contributed by atoms with Gasteiger partial charge in [-0.3, -0.25) is 9.59 Å². The first-order chi connectivity index (χ1) is 15.2. The number of nitrogens with zero attached hydrogens (tertiary/aromatic N) is 2. The first kappa shape index (κ1) is 21.4. The lowest BCUT2D eigenvalue weighted by Crippen LogP contribution is -2.38. The highest BCUT2D eigenvalue weighted by molar-refractivity contribution is 6.04. The van der Waals surface area contributed by atoms with Crippen molar-refractivity contribution < 1.29 is 32.0 Å². The number of alkyl halides is 3. The molecule has 2 heterocycles. The summed E-state index contributed by atoms with van der Waals surface area (Å²) < 4.78 is 45.8. The van der Waals surface area contributed by atoms with E-state index in [-0.39, 0.29) is 24.7 Å². The van der Waals surface area contributed by atoms with E-state index < -0.39 is 18.3 Å². The molecule has 2 amide bonds. The summed E-state index contributed by atoms with van der Waals surface area (Å²) in [4.78, 5) is 27.4. The Labute approximate surface area is 180 Å². The lowest BCUT2D eigenvalue weighted by Gasteiger charge is -2.23. The number of benzene rings is 2. The van der Waals surface area contributed by atoms with Crippen LogP contribution in [0.15, 0.2) is 59.1 Å². The molecule has 3 aromatic rings. The molecule has 10 heteroatoms. The summed E-state index contributed by atoms with van der Waals surface area (Å²) >= 11 is 0. The van der Waals surface area contributed by atoms with Gasteiger partial charge in [-0.2, -0.15) is 0 Å². The first-order valence-corrected chi connectivity index (χ1v) is 9.66. The molecule has 1 aromatic heterocycles. The third kappa shape index (κ3) is 4.58. The highest BCUT2D eigenvalue weighted by Crippen LogP contribution is 2.35. The number of amides is 2. The second-order valence-electron chi connectivity index (χ2n) is 7.26. The van der Waals surface area contributed by atoms with Gasteiger partial charge in [-0.05, 0) is 36.2 Å². The monoisotopic (exact) mass is 445 g/mol. The minimum Gasteiger partial charge on any atom is -0.406 e. The van der Waals surface area contributed by atoms with Crippen LogP contribution in [0.25, 0.3) is 0 Å². The standard InChI is InChI=1S/C22H18F3N3O4/c1-13-10-15(27-32-13)12-28-19(17-4-2-3-5-18(17)21(28)30)20(29)26-11-14-6-8-16(9-7-14)31-22(23,24)25/h2-10,19H,11-12H2,1H3,(H,26,29). The van der Waals surface area contributed by atoms with Gasteiger partial charge in [0, 0.05) is 18.2 Å². The van der Waals surface area contributed by atoms with Gasteiger partial charge in [0.25, 0.3) is 5.91 Å². The van der Waals surface area contributed by atoms with Crippen molar-refractivity contribution in [1.29, 1.82) is 0 Å². The van der Waals surface area contributed by atoms with Crippen molar-refractivity contribution in [1.82, 2.24) is 15.4 Å². The van der Waals surface area contributed by atoms with Gasteiger partial charge in [-0.15, -0.1) is 13.2 Å². The molecule has 4 rings (SSSR count). The number of carbonyl (C=O) groups excluding carboxylic acids is 2. The Kier molecular flexibility index (Phi) is 5.60. The van der Waals surface area contributed by atoms with E-state index in [9.17, 15) is 22.8 Å². The molecule has 7 nitrogen and oxygen atoms in total. The minimum absolute atomic E-state index is 0.0644. The molecule has 1 N–H and O–H groups in total. The number of hydrogen-bond acceptors (Lipinski definition) is 5. The average Bonchev–Trinajstić information content (AvgIpc) is 3.27. The third-order valence-electron chi connectivity index (χ3n) is 4.94. The molecule has 1 unspecified atom stereocenters. The number of halogens is 3. The normalized spacial score (nSPS) is 15.6. The second-order valence-corrected chi connectivity index (χ2v) is 7.26. The van der Waals surface area contributed by atoms with Gasteiger partial charge in [-0.1, -0.05) is 35.5 Å². The van der Waals surface area contributed by atoms with Crippen LogP contribution in [0.3, 0.4) is 0 Å². The fourth-order valence-corrected chi connectivity index (χ4v) is 3.58. The van der Waals surface area contributed by atoms with Crippen LogP contribution < -0.4 is 10.1 Å². The van der Waals surface area contributed by atoms with Crippen LogP contribution in [-0.4, -0.2) is 28.2 Å². The summed E-state index contributed by atoms with van der Waals surface area (Å²) in [5, 5.41) is 6.66. The van der Waals surface area contributed by atoms with Crippen molar-refractivity contribution in [2.45, 2.75) is 32.4 Å². The molecule has 0 spiro atoms. The van der Waals surface area contributed by atoms with E-state index in [4.69, 9.17) is 4.52 Å². The number of fused-ring (bicyclic) bond motifs is 1. The van der Waals surface area contributed by atoms with Crippen LogP contribution in [0.2, 0.25) is 0 Å². The van der Waals surface area contributed by atoms with Crippen molar-refractivity contribution in [2.75, 3.05) is 0 Å². The van der Waals surface area contributed by atoms with Gasteiger partial charge in [0.1, 0.15) is 23.2 Å². The Bertz CT molecular complexity index is 1140. The van der Waals surface area contributed by atoms with E-state index >= 15 is 0 Å². The molecular weight excluding hydrogens is 427 g/mol. The number of aromatic nitrogens is 1. The summed E-state index contributed by atoms with van der Waals surface area (Å²) in [6.07, 6.45) is -4.77. The highest BCUT2D eigenvalue weighted by Gasteiger charge is 2.41. The van der Waals surface area contributed by atoms with Crippen molar-refractivity contribution in [3.8, 4) is 5.75 Å². The summed E-state index contributed by atoms with van der Waals surface area (Å²) in [6.45, 7) is 1.88. The van der Waals surface area contributed by atoms with Gasteiger partial charge < -0.3 is 19.5 Å². The Morgan fingerprint density at radius 3 is 2.56 bits per heavy atom. The molecule has 0 saturated heterocycles. The van der Waals surface area contributed by atoms with E-state index in [1.165, 1.54) is 29.2 Å². The number of aryl methyl sites for hydroxylation is 1. The quantitative estimate of drug-likeness (QED) is 0.622. The van der Waals surface area contributed by atoms with Gasteiger partial charge >= 0.3 is 6.36 Å². The molecule has 2 aromatic carbocycles. The van der Waals surface area contributed by atoms with Crippen LogP contribution >= 0.6 is 0 Å². The Hall–Kier alpha value is -3.82. The van der Waals surface area contributed by atoms with Crippen molar-refractivity contribution in [2.24, 2.45) is 0 Å². The summed E-state index contributed by atoms with van der Waals surface area (Å²) in [6, 6.07) is 12.8. The number of nitrogens with one attached hydrogen (secondary N) is 1. The summed E-state index contributed by atoms with van der Waals surface area (Å²) in [7, 11) is 0. The van der Waals surface area contributed by atoms with E-state index in [0.717, 1.165) is 0 Å². The smallest absolute Gasteiger partial charge is 0.406 e. The largest absolute Gasteiger partial charge is 0.573 e. The SMILES string of the molecule is Cc1cc(CN2C(=O)c3ccccc3C2C(=O)NCc2ccc(OC(F)(F)F)cc2)no1. The zero-order valence-electron chi connectivity index (χ0n) is 16.8. The van der Waals surface area contributed by atoms with Crippen LogP contribution in [-0.2, 0) is 17.9 Å². The Balaban J connectivity index is 1.49. The maximum atomic E-state index is 13.1. The van der Waals surface area contributed by atoms with Crippen molar-refractivity contribution in [3.63, 3.8) is 0 Å². The van der Waals surface area contributed by atoms with Gasteiger partial charge in [0.15, 0.2) is 0 Å². The van der Waals surface area contributed by atoms with Crippen LogP contribution in [0.4, 0.5) is 13.2 Å². The van der Waals surface area contributed by atoms with Gasteiger partial charge in [0.05, 0.1) is 6.54 Å². The first-order valence-electron chi connectivity index (χ1n) is 9.66. The predicted octanol–water partition coefficient (Wildman–Crippen LogP) is 3.90. The number of rotatable bonds is 6. The number of ether oxygens (including phenoxy) is 1. The minimum atomic E-state index is -4.77. The van der Waals surface area contributed by atoms with Crippen LogP contribution in [0.5, 0.6) is 5.75 Å². The number of carbonyl (C=O) groups is 2. The molecule has 1 atom stereocenters. The molecule has 32 heavy (non-hydrogen) atoms. The fraction of sp³-hybridized carbons (Fsp3) is 0.227. The van der Waals surface area contributed by atoms with E-state index in [0.29, 0.717) is 28.1 Å². The molecule has 1 aliphatic heterocycles. The summed E-state index contributed by atoms with van der Waals surface area (Å²) in [5.41, 5.74) is 2.09. The zero-order chi connectivity index (χ0) is 22.9. The van der Waals surface area contributed by atoms with Gasteiger partial charge in [0.2, 0.25) is 5.91 Å². The molecule has 166 valence electrons. The summed E-state index contributed by atoms with van der Waals surface area (Å²) in [5.74, 6) is -0.478. The van der Waals surface area contributed by atoms with E-state index in [1.54, 1.807) is 37.3 Å². The van der Waals surface area contributed by atoms with Crippen LogP contribution in [0.1, 0.15) is 39.0 Å². The molecule has 0 aliphatic carbocycles. The maximum absolute atomic E-state index is 13.1. The lowest BCUT2D eigenvalue weighted by molar-refractivity contribution is -0.274. The molecule has 0 bridgehead atoms. The molecule has 0 saturated carbocycles. The van der Waals surface area contributed by atoms with E-state index in [1.807, 2.05) is 0 Å². The Morgan fingerprint density at radius 1 is 1.19 bits per heavy atom. The second kappa shape index (κ2) is 8.37. The molecular formula is C22H18F3N3O4. The average molecular weight is 445 g/mol. The Morgan fingerprint density at radius 2 is 1.91 bits per heavy atom. The maximum Gasteiger partial charge on any atom is 0.573 e. The number of hydrogen-bond donors (Lipinski definition) is 1. The molecule has 0 fully saturated rings. The van der Waals surface area contributed by atoms with E-state index in [2.05, 4.69) is 15.2 Å². The van der Waals surface area contributed by atoms with Gasteiger partial charge in [-0.25, -0.2) is 0 Å². The van der Waals surface area contributed by atoms with Crippen molar-refractivity contribution >= 4 is 11.8 Å². The lowest BCUT2D eigenvalue weighted by atomic mass is 10.0. The van der Waals surface area contributed by atoms with Crippen molar-refractivity contribution in [3.05, 3.63) is 82.7 Å². The topological polar surface area (TPSA) is 84.7 Å². The molecule has 1 aliphatic rings. The molecule has 0 radical (unpaired) electrons. The van der Waals surface area contributed by atoms with Crippen LogP contribution in [0, 0.1) is 6.92 Å². The zero-order valence-corrected chi connectivity index (χ0v) is 16.8. The fourth-order valence-electron chi connectivity index (χ4n) is 3.58.